The lowest BCUT2D eigenvalue weighted by Gasteiger charge is -2.48. The number of halogens is 2. The van der Waals surface area contributed by atoms with Gasteiger partial charge in [0.2, 0.25) is 0 Å². The number of rotatable bonds is 3. The van der Waals surface area contributed by atoms with Gasteiger partial charge in [0.15, 0.2) is 11.6 Å². The summed E-state index contributed by atoms with van der Waals surface area (Å²) in [7, 11) is 0. The van der Waals surface area contributed by atoms with Crippen LogP contribution in [-0.4, -0.2) is 29.6 Å². The molecule has 1 aliphatic heterocycles. The highest BCUT2D eigenvalue weighted by molar-refractivity contribution is 5.19. The zero-order chi connectivity index (χ0) is 14.9. The molecule has 2 aliphatic rings. The number of benzene rings is 1. The molecule has 0 aromatic heterocycles. The van der Waals surface area contributed by atoms with E-state index in [9.17, 15) is 8.78 Å². The maximum atomic E-state index is 13.4. The summed E-state index contributed by atoms with van der Waals surface area (Å²) in [6, 6.07) is 4.80. The molecule has 2 fully saturated rings. The summed E-state index contributed by atoms with van der Waals surface area (Å²) in [4.78, 5) is 2.51. The molecule has 0 radical (unpaired) electrons. The number of piperazine rings is 1. The highest BCUT2D eigenvalue weighted by Gasteiger charge is 2.42. The van der Waals surface area contributed by atoms with Crippen LogP contribution < -0.4 is 5.32 Å². The molecule has 1 spiro atoms. The Kier molecular flexibility index (Phi) is 4.27. The molecule has 4 heteroatoms. The van der Waals surface area contributed by atoms with Gasteiger partial charge in [0.1, 0.15) is 0 Å². The van der Waals surface area contributed by atoms with Gasteiger partial charge in [0.05, 0.1) is 0 Å². The average molecular weight is 294 g/mol. The van der Waals surface area contributed by atoms with Crippen LogP contribution in [0.15, 0.2) is 18.2 Å². The minimum atomic E-state index is -0.763. The van der Waals surface area contributed by atoms with Gasteiger partial charge >= 0.3 is 0 Å². The van der Waals surface area contributed by atoms with Crippen molar-refractivity contribution in [2.45, 2.75) is 57.2 Å². The first-order valence-electron chi connectivity index (χ1n) is 8.05. The van der Waals surface area contributed by atoms with Crippen molar-refractivity contribution in [2.24, 2.45) is 0 Å². The van der Waals surface area contributed by atoms with Crippen molar-refractivity contribution in [3.8, 4) is 0 Å². The van der Waals surface area contributed by atoms with Gasteiger partial charge in [-0.2, -0.15) is 0 Å². The lowest BCUT2D eigenvalue weighted by atomic mass is 9.90. The van der Waals surface area contributed by atoms with Gasteiger partial charge in [0.25, 0.3) is 0 Å². The minimum Gasteiger partial charge on any atom is -0.311 e. The minimum absolute atomic E-state index is 0.219. The highest BCUT2D eigenvalue weighted by Crippen LogP contribution is 2.38. The average Bonchev–Trinajstić information content (AvgIpc) is 2.95. The molecule has 1 unspecified atom stereocenters. The third kappa shape index (κ3) is 2.97. The van der Waals surface area contributed by atoms with E-state index in [-0.39, 0.29) is 5.54 Å². The maximum absolute atomic E-state index is 13.4. The van der Waals surface area contributed by atoms with Gasteiger partial charge in [-0.25, -0.2) is 8.78 Å². The first-order valence-corrected chi connectivity index (χ1v) is 8.05. The summed E-state index contributed by atoms with van der Waals surface area (Å²) in [6.45, 7) is 4.93. The van der Waals surface area contributed by atoms with Crippen molar-refractivity contribution in [3.63, 3.8) is 0 Å². The highest BCUT2D eigenvalue weighted by atomic mass is 19.2. The first kappa shape index (κ1) is 14.9. The molecule has 1 aromatic rings. The summed E-state index contributed by atoms with van der Waals surface area (Å²) < 4.78 is 26.5. The lowest BCUT2D eigenvalue weighted by molar-refractivity contribution is 0.0348. The Hall–Kier alpha value is -1.00. The van der Waals surface area contributed by atoms with E-state index in [4.69, 9.17) is 0 Å². The molecule has 1 saturated heterocycles. The largest absolute Gasteiger partial charge is 0.311 e. The van der Waals surface area contributed by atoms with Crippen LogP contribution in [0.3, 0.4) is 0 Å². The van der Waals surface area contributed by atoms with Crippen molar-refractivity contribution in [2.75, 3.05) is 13.1 Å². The van der Waals surface area contributed by atoms with Gasteiger partial charge < -0.3 is 5.32 Å². The number of nitrogens with one attached hydrogen (secondary N) is 1. The van der Waals surface area contributed by atoms with Crippen LogP contribution in [0.5, 0.6) is 0 Å². The van der Waals surface area contributed by atoms with E-state index in [0.717, 1.165) is 31.6 Å². The Bertz CT molecular complexity index is 498. The van der Waals surface area contributed by atoms with E-state index in [0.29, 0.717) is 6.04 Å². The molecule has 1 N–H and O–H groups in total. The van der Waals surface area contributed by atoms with Crippen LogP contribution in [0.2, 0.25) is 0 Å². The Morgan fingerprint density at radius 1 is 1.24 bits per heavy atom. The van der Waals surface area contributed by atoms with Crippen LogP contribution in [-0.2, 0) is 6.54 Å². The third-order valence-corrected chi connectivity index (χ3v) is 5.22. The number of nitrogens with zero attached hydrogens (tertiary/aromatic N) is 1. The van der Waals surface area contributed by atoms with Crippen LogP contribution in [0.1, 0.15) is 44.6 Å². The zero-order valence-electron chi connectivity index (χ0n) is 12.7. The fraction of sp³-hybridized carbons (Fsp3) is 0.647. The van der Waals surface area contributed by atoms with E-state index in [2.05, 4.69) is 17.1 Å². The van der Waals surface area contributed by atoms with Crippen molar-refractivity contribution < 1.29 is 8.78 Å². The monoisotopic (exact) mass is 294 g/mol. The predicted molar refractivity (Wildman–Crippen MR) is 80.0 cm³/mol. The summed E-state index contributed by atoms with van der Waals surface area (Å²) in [5.41, 5.74) is 1.09. The van der Waals surface area contributed by atoms with Crippen LogP contribution in [0.4, 0.5) is 8.78 Å². The van der Waals surface area contributed by atoms with E-state index in [1.54, 1.807) is 6.07 Å². The smallest absolute Gasteiger partial charge is 0.159 e. The Morgan fingerprint density at radius 3 is 2.67 bits per heavy atom. The molecular formula is C17H24F2N2. The third-order valence-electron chi connectivity index (χ3n) is 5.22. The first-order chi connectivity index (χ1) is 10.1. The summed E-state index contributed by atoms with van der Waals surface area (Å²) >= 11 is 0. The molecule has 1 saturated carbocycles. The van der Waals surface area contributed by atoms with Crippen LogP contribution >= 0.6 is 0 Å². The molecule has 1 aromatic carbocycles. The summed E-state index contributed by atoms with van der Waals surface area (Å²) in [5.74, 6) is -1.50. The van der Waals surface area contributed by atoms with E-state index >= 15 is 0 Å². The SMILES string of the molecule is CCC1CN(Cc2ccc(F)c(F)c2)C2(CCCC2)CN1. The van der Waals surface area contributed by atoms with Crippen LogP contribution in [0.25, 0.3) is 0 Å². The van der Waals surface area contributed by atoms with Gasteiger partial charge in [-0.05, 0) is 37.0 Å². The van der Waals surface area contributed by atoms with E-state index < -0.39 is 11.6 Å². The van der Waals surface area contributed by atoms with Crippen LogP contribution in [0, 0.1) is 11.6 Å². The van der Waals surface area contributed by atoms with E-state index in [1.165, 1.54) is 37.8 Å². The molecule has 0 amide bonds. The molecule has 1 aliphatic carbocycles. The zero-order valence-corrected chi connectivity index (χ0v) is 12.7. The maximum Gasteiger partial charge on any atom is 0.159 e. The summed E-state index contributed by atoms with van der Waals surface area (Å²) in [5, 5.41) is 3.66. The summed E-state index contributed by atoms with van der Waals surface area (Å²) in [6.07, 6.45) is 6.06. The fourth-order valence-electron chi connectivity index (χ4n) is 3.86. The molecular weight excluding hydrogens is 270 g/mol. The van der Waals surface area contributed by atoms with E-state index in [1.807, 2.05) is 0 Å². The molecule has 116 valence electrons. The van der Waals surface area contributed by atoms with Crippen molar-refractivity contribution in [1.82, 2.24) is 10.2 Å². The van der Waals surface area contributed by atoms with Crippen molar-refractivity contribution >= 4 is 0 Å². The van der Waals surface area contributed by atoms with Crippen molar-refractivity contribution in [1.29, 1.82) is 0 Å². The molecule has 2 nitrogen and oxygen atoms in total. The molecule has 21 heavy (non-hydrogen) atoms. The quantitative estimate of drug-likeness (QED) is 0.918. The topological polar surface area (TPSA) is 15.3 Å². The normalized spacial score (nSPS) is 25.6. The second-order valence-electron chi connectivity index (χ2n) is 6.55. The fourth-order valence-corrected chi connectivity index (χ4v) is 3.86. The second-order valence-corrected chi connectivity index (χ2v) is 6.55. The number of hydrogen-bond acceptors (Lipinski definition) is 2. The van der Waals surface area contributed by atoms with Gasteiger partial charge in [0, 0.05) is 31.2 Å². The molecule has 3 rings (SSSR count). The second kappa shape index (κ2) is 6.01. The van der Waals surface area contributed by atoms with Gasteiger partial charge in [-0.15, -0.1) is 0 Å². The molecule has 1 heterocycles. The predicted octanol–water partition coefficient (Wildman–Crippen LogP) is 3.46. The lowest BCUT2D eigenvalue weighted by Crippen LogP contribution is -2.62. The van der Waals surface area contributed by atoms with Gasteiger partial charge in [-0.1, -0.05) is 25.8 Å². The van der Waals surface area contributed by atoms with Gasteiger partial charge in [-0.3, -0.25) is 4.90 Å². The Balaban J connectivity index is 1.80. The number of hydrogen-bond donors (Lipinski definition) is 1. The molecule has 0 bridgehead atoms. The molecule has 1 atom stereocenters. The standard InChI is InChI=1S/C17H24F2N2/c1-2-14-11-21(17(12-20-14)7-3-4-8-17)10-13-5-6-15(18)16(19)9-13/h5-6,9,14,20H,2-4,7-8,10-12H2,1H3. The Morgan fingerprint density at radius 2 is 2.00 bits per heavy atom. The Labute approximate surface area is 125 Å². The van der Waals surface area contributed by atoms with Crippen molar-refractivity contribution in [3.05, 3.63) is 35.4 Å².